The molecule has 0 aliphatic rings. The van der Waals surface area contributed by atoms with Crippen LogP contribution in [0.3, 0.4) is 0 Å². The van der Waals surface area contributed by atoms with Crippen molar-refractivity contribution < 1.29 is 4.52 Å². The van der Waals surface area contributed by atoms with Crippen LogP contribution in [0.15, 0.2) is 72.6 Å². The van der Waals surface area contributed by atoms with Gasteiger partial charge in [-0.3, -0.25) is 0 Å². The van der Waals surface area contributed by atoms with Crippen molar-refractivity contribution in [1.29, 1.82) is 0 Å². The van der Waals surface area contributed by atoms with Gasteiger partial charge in [-0.25, -0.2) is 0 Å². The van der Waals surface area contributed by atoms with E-state index in [9.17, 15) is 0 Å². The molecule has 0 N–H and O–H groups in total. The molecule has 0 fully saturated rings. The largest absolute Gasteiger partial charge is 0.363 e. The summed E-state index contributed by atoms with van der Waals surface area (Å²) < 4.78 is 5.12. The molecule has 1 aromatic heterocycles. The molecule has 1 heterocycles. The third-order valence-electron chi connectivity index (χ3n) is 2.44. The molecule has 0 bridgehead atoms. The molecule has 0 amide bonds. The SMILES string of the molecule is C=C/C=C(\C=C/C)c1conc1C(/C=C\C)=C/C=C. The van der Waals surface area contributed by atoms with E-state index in [0.717, 1.165) is 22.4 Å². The third-order valence-corrected chi connectivity index (χ3v) is 2.44. The average molecular weight is 253 g/mol. The monoisotopic (exact) mass is 253 g/mol. The lowest BCUT2D eigenvalue weighted by molar-refractivity contribution is 0.417. The first kappa shape index (κ1) is 14.7. The van der Waals surface area contributed by atoms with Crippen molar-refractivity contribution in [2.24, 2.45) is 0 Å². The molecule has 0 atom stereocenters. The highest BCUT2D eigenvalue weighted by Gasteiger charge is 2.12. The normalized spacial score (nSPS) is 13.4. The summed E-state index contributed by atoms with van der Waals surface area (Å²) >= 11 is 0. The summed E-state index contributed by atoms with van der Waals surface area (Å²) in [5.41, 5.74) is 3.70. The second-order valence-electron chi connectivity index (χ2n) is 3.79. The lowest BCUT2D eigenvalue weighted by Crippen LogP contribution is -1.88. The molecule has 0 spiro atoms. The summed E-state index contributed by atoms with van der Waals surface area (Å²) in [6, 6.07) is 0. The van der Waals surface area contributed by atoms with Gasteiger partial charge in [0.05, 0.1) is 0 Å². The molecule has 0 saturated heterocycles. The number of hydrogen-bond acceptors (Lipinski definition) is 2. The molecular weight excluding hydrogens is 234 g/mol. The van der Waals surface area contributed by atoms with Gasteiger partial charge >= 0.3 is 0 Å². The van der Waals surface area contributed by atoms with Gasteiger partial charge in [0.25, 0.3) is 0 Å². The molecule has 2 heteroatoms. The van der Waals surface area contributed by atoms with Crippen molar-refractivity contribution in [3.05, 3.63) is 79.3 Å². The highest BCUT2D eigenvalue weighted by Crippen LogP contribution is 2.26. The van der Waals surface area contributed by atoms with E-state index in [1.165, 1.54) is 0 Å². The number of nitrogens with zero attached hydrogens (tertiary/aromatic N) is 1. The predicted molar refractivity (Wildman–Crippen MR) is 82.5 cm³/mol. The molecule has 0 aromatic carbocycles. The van der Waals surface area contributed by atoms with Crippen molar-refractivity contribution in [3.63, 3.8) is 0 Å². The number of hydrogen-bond donors (Lipinski definition) is 0. The van der Waals surface area contributed by atoms with Crippen molar-refractivity contribution >= 4 is 11.1 Å². The van der Waals surface area contributed by atoms with Gasteiger partial charge < -0.3 is 4.52 Å². The van der Waals surface area contributed by atoms with Crippen molar-refractivity contribution in [2.75, 3.05) is 0 Å². The van der Waals surface area contributed by atoms with Crippen LogP contribution in [0, 0.1) is 0 Å². The molecule has 0 aliphatic carbocycles. The van der Waals surface area contributed by atoms with Crippen LogP contribution in [0.2, 0.25) is 0 Å². The minimum atomic E-state index is 0.796. The van der Waals surface area contributed by atoms with Gasteiger partial charge in [-0.05, 0) is 19.4 Å². The van der Waals surface area contributed by atoms with Gasteiger partial charge in [-0.1, -0.05) is 66.9 Å². The average Bonchev–Trinajstić information content (AvgIpc) is 2.87. The standard InChI is InChI=1S/C17H19NO/c1-5-9-14(10-6-2)16-13-19-18-17(16)15(11-7-3)12-8-4/h5-13H,1,3H2,2,4H3/b10-6-,12-8-,14-9+,15-11+. The van der Waals surface area contributed by atoms with Crippen LogP contribution >= 0.6 is 0 Å². The Morgan fingerprint density at radius 3 is 2.21 bits per heavy atom. The Morgan fingerprint density at radius 2 is 1.63 bits per heavy atom. The van der Waals surface area contributed by atoms with Crippen LogP contribution in [-0.2, 0) is 0 Å². The van der Waals surface area contributed by atoms with E-state index in [2.05, 4.69) is 18.3 Å². The van der Waals surface area contributed by atoms with Gasteiger partial charge in [0.1, 0.15) is 12.0 Å². The smallest absolute Gasteiger partial charge is 0.132 e. The minimum Gasteiger partial charge on any atom is -0.363 e. The fourth-order valence-corrected chi connectivity index (χ4v) is 1.71. The number of allylic oxidation sites excluding steroid dienone is 10. The highest BCUT2D eigenvalue weighted by atomic mass is 16.5. The minimum absolute atomic E-state index is 0.796. The zero-order valence-corrected chi connectivity index (χ0v) is 11.5. The van der Waals surface area contributed by atoms with Gasteiger partial charge in [0.15, 0.2) is 0 Å². The lowest BCUT2D eigenvalue weighted by atomic mass is 10.0. The first-order valence-electron chi connectivity index (χ1n) is 6.14. The summed E-state index contributed by atoms with van der Waals surface area (Å²) in [6.07, 6.45) is 16.9. The van der Waals surface area contributed by atoms with E-state index < -0.39 is 0 Å². The fraction of sp³-hybridized carbons (Fsp3) is 0.118. The van der Waals surface area contributed by atoms with Crippen molar-refractivity contribution in [3.8, 4) is 0 Å². The Balaban J connectivity index is 3.36. The van der Waals surface area contributed by atoms with Gasteiger partial charge in [-0.2, -0.15) is 0 Å². The maximum absolute atomic E-state index is 5.12. The molecule has 98 valence electrons. The first-order valence-corrected chi connectivity index (χ1v) is 6.14. The summed E-state index contributed by atoms with van der Waals surface area (Å²) in [4.78, 5) is 0. The first-order chi connectivity index (χ1) is 9.28. The lowest BCUT2D eigenvalue weighted by Gasteiger charge is -2.02. The van der Waals surface area contributed by atoms with Crippen LogP contribution in [-0.4, -0.2) is 5.16 Å². The van der Waals surface area contributed by atoms with Crippen LogP contribution < -0.4 is 0 Å². The zero-order chi connectivity index (χ0) is 14.1. The Labute approximate surface area is 114 Å². The highest BCUT2D eigenvalue weighted by molar-refractivity contribution is 5.85. The van der Waals surface area contributed by atoms with Crippen LogP contribution in [0.4, 0.5) is 0 Å². The molecule has 19 heavy (non-hydrogen) atoms. The van der Waals surface area contributed by atoms with E-state index in [1.807, 2.05) is 50.3 Å². The van der Waals surface area contributed by atoms with Crippen LogP contribution in [0.5, 0.6) is 0 Å². The molecule has 1 rings (SSSR count). The summed E-state index contributed by atoms with van der Waals surface area (Å²) in [6.45, 7) is 11.4. The predicted octanol–water partition coefficient (Wildman–Crippen LogP) is 4.97. The summed E-state index contributed by atoms with van der Waals surface area (Å²) in [7, 11) is 0. The summed E-state index contributed by atoms with van der Waals surface area (Å²) in [5, 5.41) is 4.09. The van der Waals surface area contributed by atoms with Crippen LogP contribution in [0.25, 0.3) is 11.1 Å². The molecule has 0 unspecified atom stereocenters. The Morgan fingerprint density at radius 1 is 1.05 bits per heavy atom. The third kappa shape index (κ3) is 3.81. The molecule has 0 saturated carbocycles. The van der Waals surface area contributed by atoms with Crippen LogP contribution in [0.1, 0.15) is 25.1 Å². The number of rotatable bonds is 6. The zero-order valence-electron chi connectivity index (χ0n) is 11.5. The van der Waals surface area contributed by atoms with Gasteiger partial charge in [0, 0.05) is 11.1 Å². The second-order valence-corrected chi connectivity index (χ2v) is 3.79. The maximum Gasteiger partial charge on any atom is 0.132 e. The van der Waals surface area contributed by atoms with Gasteiger partial charge in [-0.15, -0.1) is 0 Å². The molecule has 0 radical (unpaired) electrons. The van der Waals surface area contributed by atoms with E-state index >= 15 is 0 Å². The Kier molecular flexibility index (Phi) is 6.10. The molecule has 0 aliphatic heterocycles. The van der Waals surface area contributed by atoms with Gasteiger partial charge in [0.2, 0.25) is 0 Å². The molecular formula is C17H19NO. The second kappa shape index (κ2) is 7.88. The summed E-state index contributed by atoms with van der Waals surface area (Å²) in [5.74, 6) is 0. The quantitative estimate of drug-likeness (QED) is 0.669. The maximum atomic E-state index is 5.12. The van der Waals surface area contributed by atoms with Crippen molar-refractivity contribution in [1.82, 2.24) is 5.16 Å². The topological polar surface area (TPSA) is 26.0 Å². The van der Waals surface area contributed by atoms with E-state index in [1.54, 1.807) is 18.4 Å². The Hall–Kier alpha value is -2.35. The number of aromatic nitrogens is 1. The Bertz CT molecular complexity index is 505. The van der Waals surface area contributed by atoms with Crippen molar-refractivity contribution in [2.45, 2.75) is 13.8 Å². The molecule has 2 nitrogen and oxygen atoms in total. The van der Waals surface area contributed by atoms with E-state index in [-0.39, 0.29) is 0 Å². The fourth-order valence-electron chi connectivity index (χ4n) is 1.71. The molecule has 1 aromatic rings. The van der Waals surface area contributed by atoms with E-state index in [4.69, 9.17) is 4.52 Å². The van der Waals surface area contributed by atoms with E-state index in [0.29, 0.717) is 0 Å².